The third-order valence-corrected chi connectivity index (χ3v) is 5.73. The van der Waals surface area contributed by atoms with Gasteiger partial charge in [-0.3, -0.25) is 14.2 Å². The summed E-state index contributed by atoms with van der Waals surface area (Å²) in [6.45, 7) is -0.467. The molecule has 3 aromatic heterocycles. The summed E-state index contributed by atoms with van der Waals surface area (Å²) in [6, 6.07) is 7.26. The van der Waals surface area contributed by atoms with Gasteiger partial charge in [-0.25, -0.2) is 27.3 Å². The lowest BCUT2D eigenvalue weighted by Gasteiger charge is -2.16. The minimum atomic E-state index is -1.35. The van der Waals surface area contributed by atoms with E-state index < -0.39 is 46.9 Å². The van der Waals surface area contributed by atoms with E-state index in [1.54, 1.807) is 19.3 Å². The molecule has 10 nitrogen and oxygen atoms in total. The molecule has 2 aromatic carbocycles. The number of nitriles is 1. The van der Waals surface area contributed by atoms with E-state index in [9.17, 15) is 22.8 Å². The van der Waals surface area contributed by atoms with Crippen LogP contribution in [0.25, 0.3) is 16.6 Å². The molecule has 0 saturated carbocycles. The molecule has 190 valence electrons. The molecule has 0 bridgehead atoms. The first-order chi connectivity index (χ1) is 18.1. The van der Waals surface area contributed by atoms with Crippen LogP contribution in [0.3, 0.4) is 0 Å². The lowest BCUT2D eigenvalue weighted by molar-refractivity contribution is 0.503. The Bertz CT molecular complexity index is 1910. The van der Waals surface area contributed by atoms with E-state index in [2.05, 4.69) is 20.4 Å². The van der Waals surface area contributed by atoms with Crippen LogP contribution in [0.15, 0.2) is 58.5 Å². The van der Waals surface area contributed by atoms with Crippen LogP contribution in [0.5, 0.6) is 0 Å². The van der Waals surface area contributed by atoms with Crippen molar-refractivity contribution in [2.45, 2.75) is 6.54 Å². The number of hydrogen-bond donors (Lipinski definition) is 1. The van der Waals surface area contributed by atoms with E-state index in [0.717, 1.165) is 22.8 Å². The van der Waals surface area contributed by atoms with Crippen LogP contribution in [0, 0.1) is 28.8 Å². The van der Waals surface area contributed by atoms with Crippen LogP contribution in [0.2, 0.25) is 5.02 Å². The van der Waals surface area contributed by atoms with Crippen molar-refractivity contribution in [3.8, 4) is 11.8 Å². The molecule has 0 amide bonds. The Morgan fingerprint density at radius 2 is 1.87 bits per heavy atom. The molecule has 5 aromatic rings. The second kappa shape index (κ2) is 9.49. The first-order valence-electron chi connectivity index (χ1n) is 10.8. The average molecular weight is 539 g/mol. The van der Waals surface area contributed by atoms with Gasteiger partial charge in [0, 0.05) is 30.9 Å². The minimum Gasteiger partial charge on any atom is -0.323 e. The van der Waals surface area contributed by atoms with Gasteiger partial charge in [-0.05, 0) is 29.8 Å². The van der Waals surface area contributed by atoms with E-state index >= 15 is 0 Å². The molecule has 0 unspecified atom stereocenters. The van der Waals surface area contributed by atoms with Gasteiger partial charge in [0.1, 0.15) is 11.9 Å². The van der Waals surface area contributed by atoms with E-state index in [1.807, 2.05) is 0 Å². The Morgan fingerprint density at radius 1 is 1.08 bits per heavy atom. The van der Waals surface area contributed by atoms with Crippen LogP contribution >= 0.6 is 11.6 Å². The number of anilines is 2. The van der Waals surface area contributed by atoms with Crippen molar-refractivity contribution < 1.29 is 13.2 Å². The van der Waals surface area contributed by atoms with Crippen LogP contribution in [-0.4, -0.2) is 28.9 Å². The molecule has 0 fully saturated rings. The molecule has 0 saturated heterocycles. The number of aryl methyl sites for hydroxylation is 1. The van der Waals surface area contributed by atoms with E-state index in [-0.39, 0.29) is 22.0 Å². The summed E-state index contributed by atoms with van der Waals surface area (Å²) in [6.07, 6.45) is 4.13. The monoisotopic (exact) mass is 538 g/mol. The fourth-order valence-corrected chi connectivity index (χ4v) is 4.03. The van der Waals surface area contributed by atoms with Gasteiger partial charge in [0.25, 0.3) is 0 Å². The number of halogens is 4. The highest BCUT2D eigenvalue weighted by atomic mass is 35.5. The molecule has 0 atom stereocenters. The summed E-state index contributed by atoms with van der Waals surface area (Å²) in [5.41, 5.74) is -2.36. The number of nitrogens with one attached hydrogen (secondary N) is 1. The molecule has 1 N–H and O–H groups in total. The van der Waals surface area contributed by atoms with Gasteiger partial charge in [0.2, 0.25) is 5.95 Å². The van der Waals surface area contributed by atoms with Crippen molar-refractivity contribution in [1.82, 2.24) is 28.9 Å². The summed E-state index contributed by atoms with van der Waals surface area (Å²) in [5, 5.41) is 16.6. The summed E-state index contributed by atoms with van der Waals surface area (Å²) in [5.74, 6) is -3.80. The van der Waals surface area contributed by atoms with Crippen molar-refractivity contribution in [3.63, 3.8) is 0 Å². The topological polar surface area (TPSA) is 123 Å². The maximum Gasteiger partial charge on any atom is 0.359 e. The van der Waals surface area contributed by atoms with Gasteiger partial charge in [-0.1, -0.05) is 11.6 Å². The Morgan fingerprint density at radius 3 is 2.61 bits per heavy atom. The maximum atomic E-state index is 14.9. The standard InChI is InChI=1S/C24H14ClF3N8O2/c1-34-11-14-4-20(17(26)6-19(14)33-34)31-22-32-23(37)36(16-5-15(25)8-30-9-16)24(38)35(22)10-12-2-13(7-29)21(28)18(27)3-12/h2-6,8-9,11H,10H2,1H3,(H,31,32,37). The van der Waals surface area contributed by atoms with Crippen molar-refractivity contribution in [2.24, 2.45) is 7.05 Å². The summed E-state index contributed by atoms with van der Waals surface area (Å²) in [7, 11) is 1.66. The fraction of sp³-hybridized carbons (Fsp3) is 0.0833. The van der Waals surface area contributed by atoms with Gasteiger partial charge < -0.3 is 5.32 Å². The van der Waals surface area contributed by atoms with E-state index in [4.69, 9.17) is 16.9 Å². The predicted molar refractivity (Wildman–Crippen MR) is 131 cm³/mol. The second-order valence-corrected chi connectivity index (χ2v) is 8.59. The third-order valence-electron chi connectivity index (χ3n) is 5.52. The van der Waals surface area contributed by atoms with Crippen molar-refractivity contribution in [1.29, 1.82) is 5.26 Å². The zero-order chi connectivity index (χ0) is 27.1. The Labute approximate surface area is 215 Å². The van der Waals surface area contributed by atoms with Crippen LogP contribution in [-0.2, 0) is 13.6 Å². The molecular weight excluding hydrogens is 525 g/mol. The molecule has 14 heteroatoms. The van der Waals surface area contributed by atoms with Gasteiger partial charge in [-0.15, -0.1) is 0 Å². The number of hydrogen-bond acceptors (Lipinski definition) is 7. The SMILES string of the molecule is Cn1cc2cc(Nc3nc(=O)n(-c4cncc(Cl)c4)c(=O)n3Cc3cc(F)c(F)c(C#N)c3)c(F)cc2n1. The van der Waals surface area contributed by atoms with Crippen molar-refractivity contribution in [3.05, 3.63) is 103 Å². The van der Waals surface area contributed by atoms with Crippen LogP contribution in [0.4, 0.5) is 24.8 Å². The number of aromatic nitrogens is 6. The quantitative estimate of drug-likeness (QED) is 0.364. The zero-order valence-corrected chi connectivity index (χ0v) is 20.0. The maximum absolute atomic E-state index is 14.9. The molecule has 0 aliphatic heterocycles. The smallest absolute Gasteiger partial charge is 0.323 e. The summed E-state index contributed by atoms with van der Waals surface area (Å²) in [4.78, 5) is 34.3. The largest absolute Gasteiger partial charge is 0.359 e. The van der Waals surface area contributed by atoms with Gasteiger partial charge in [-0.2, -0.15) is 15.3 Å². The molecule has 3 heterocycles. The van der Waals surface area contributed by atoms with Crippen molar-refractivity contribution >= 4 is 34.1 Å². The Kier molecular flexibility index (Phi) is 6.17. The molecular formula is C24H14ClF3N8O2. The molecule has 0 spiro atoms. The highest BCUT2D eigenvalue weighted by Gasteiger charge is 2.19. The molecule has 0 aliphatic rings. The number of benzene rings is 2. The first-order valence-corrected chi connectivity index (χ1v) is 11.1. The lowest BCUT2D eigenvalue weighted by atomic mass is 10.1. The highest BCUT2D eigenvalue weighted by Crippen LogP contribution is 2.25. The van der Waals surface area contributed by atoms with E-state index in [1.165, 1.54) is 29.2 Å². The van der Waals surface area contributed by atoms with Gasteiger partial charge in [0.05, 0.1) is 40.2 Å². The second-order valence-electron chi connectivity index (χ2n) is 8.15. The molecule has 0 radical (unpaired) electrons. The van der Waals surface area contributed by atoms with Gasteiger partial charge >= 0.3 is 11.4 Å². The molecule has 5 rings (SSSR count). The third kappa shape index (κ3) is 4.48. The fourth-order valence-electron chi connectivity index (χ4n) is 3.86. The number of nitrogens with zero attached hydrogens (tertiary/aromatic N) is 7. The minimum absolute atomic E-state index is 0.00463. The van der Waals surface area contributed by atoms with Crippen LogP contribution in [0.1, 0.15) is 11.1 Å². The molecule has 38 heavy (non-hydrogen) atoms. The normalized spacial score (nSPS) is 11.1. The van der Waals surface area contributed by atoms with Gasteiger partial charge in [0.15, 0.2) is 11.6 Å². The van der Waals surface area contributed by atoms with Crippen molar-refractivity contribution in [2.75, 3.05) is 5.32 Å². The van der Waals surface area contributed by atoms with Crippen LogP contribution < -0.4 is 16.7 Å². The Balaban J connectivity index is 1.70. The Hall–Kier alpha value is -4.96. The first kappa shape index (κ1) is 24.7. The summed E-state index contributed by atoms with van der Waals surface area (Å²) >= 11 is 5.96. The average Bonchev–Trinajstić information content (AvgIpc) is 3.22. The number of rotatable bonds is 5. The number of fused-ring (bicyclic) bond motifs is 1. The number of pyridine rings is 1. The molecule has 0 aliphatic carbocycles. The lowest BCUT2D eigenvalue weighted by Crippen LogP contribution is -2.41. The zero-order valence-electron chi connectivity index (χ0n) is 19.3. The van der Waals surface area contributed by atoms with E-state index in [0.29, 0.717) is 15.5 Å². The predicted octanol–water partition coefficient (Wildman–Crippen LogP) is 3.41. The highest BCUT2D eigenvalue weighted by molar-refractivity contribution is 6.30. The summed E-state index contributed by atoms with van der Waals surface area (Å²) < 4.78 is 46.0.